The number of halogens is 1. The van der Waals surface area contributed by atoms with Gasteiger partial charge in [0, 0.05) is 10.8 Å². The molecule has 0 heterocycles. The Bertz CT molecular complexity index is 337. The molecule has 0 radical (unpaired) electrons. The van der Waals surface area contributed by atoms with Gasteiger partial charge in [0.05, 0.1) is 0 Å². The maximum atomic E-state index is 5.75. The van der Waals surface area contributed by atoms with Crippen LogP contribution in [0.1, 0.15) is 46.1 Å². The normalized spacial score (nSPS) is 13.6. The topological polar surface area (TPSA) is 0 Å². The molecule has 0 bridgehead atoms. The van der Waals surface area contributed by atoms with Crippen LogP contribution in [0.4, 0.5) is 0 Å². The highest BCUT2D eigenvalue weighted by Crippen LogP contribution is 2.26. The predicted molar refractivity (Wildman–Crippen MR) is 85.0 cm³/mol. The first kappa shape index (κ1) is 15.9. The van der Waals surface area contributed by atoms with Crippen molar-refractivity contribution in [2.45, 2.75) is 50.8 Å². The van der Waals surface area contributed by atoms with Crippen molar-refractivity contribution in [3.8, 4) is 0 Å². The van der Waals surface area contributed by atoms with Crippen LogP contribution in [0.3, 0.4) is 0 Å². The quantitative estimate of drug-likeness (QED) is 0.475. The molecule has 18 heavy (non-hydrogen) atoms. The molecular formula is C16H25ClS. The van der Waals surface area contributed by atoms with Crippen LogP contribution in [0.2, 0.25) is 0 Å². The van der Waals surface area contributed by atoms with Gasteiger partial charge in [-0.25, -0.2) is 0 Å². The predicted octanol–water partition coefficient (Wildman–Crippen LogP) is 5.73. The van der Waals surface area contributed by atoms with Crippen molar-refractivity contribution < 1.29 is 0 Å². The lowest BCUT2D eigenvalue weighted by atomic mass is 9.87. The molecule has 0 spiro atoms. The Morgan fingerprint density at radius 3 is 2.22 bits per heavy atom. The highest BCUT2D eigenvalue weighted by molar-refractivity contribution is 7.99. The first-order valence-corrected chi connectivity index (χ1v) is 8.25. The Labute approximate surface area is 122 Å². The second kappa shape index (κ2) is 7.45. The molecule has 102 valence electrons. The van der Waals surface area contributed by atoms with E-state index in [4.69, 9.17) is 11.6 Å². The van der Waals surface area contributed by atoms with E-state index in [0.717, 1.165) is 18.2 Å². The summed E-state index contributed by atoms with van der Waals surface area (Å²) >= 11 is 7.70. The van der Waals surface area contributed by atoms with Gasteiger partial charge < -0.3 is 0 Å². The number of hydrogen-bond donors (Lipinski definition) is 0. The van der Waals surface area contributed by atoms with Crippen molar-refractivity contribution in [2.75, 3.05) is 11.6 Å². The smallest absolute Gasteiger partial charge is 0.0225 e. The first-order valence-electron chi connectivity index (χ1n) is 6.73. The van der Waals surface area contributed by atoms with E-state index >= 15 is 0 Å². The Morgan fingerprint density at radius 2 is 1.72 bits per heavy atom. The van der Waals surface area contributed by atoms with Gasteiger partial charge in [-0.1, -0.05) is 39.8 Å². The number of rotatable bonds is 6. The van der Waals surface area contributed by atoms with Crippen LogP contribution < -0.4 is 0 Å². The Kier molecular flexibility index (Phi) is 6.59. The zero-order valence-electron chi connectivity index (χ0n) is 12.0. The van der Waals surface area contributed by atoms with Gasteiger partial charge in [0.25, 0.3) is 0 Å². The van der Waals surface area contributed by atoms with Gasteiger partial charge in [0.2, 0.25) is 0 Å². The maximum Gasteiger partial charge on any atom is 0.0225 e. The summed E-state index contributed by atoms with van der Waals surface area (Å²) in [5, 5.41) is 0. The molecule has 2 heteroatoms. The molecule has 0 aliphatic rings. The fraction of sp³-hybridized carbons (Fsp3) is 0.625. The standard InChI is InChI=1S/C16H25ClS/c1-13(9-11-17)10-12-18-15-7-5-14(6-8-15)16(2,3)4/h5-8,13H,9-12H2,1-4H3. The lowest BCUT2D eigenvalue weighted by Crippen LogP contribution is -2.10. The summed E-state index contributed by atoms with van der Waals surface area (Å²) in [6.45, 7) is 9.04. The molecule has 0 saturated heterocycles. The van der Waals surface area contributed by atoms with Gasteiger partial charge in [-0.3, -0.25) is 0 Å². The van der Waals surface area contributed by atoms with Gasteiger partial charge in [-0.2, -0.15) is 0 Å². The van der Waals surface area contributed by atoms with Crippen LogP contribution in [0.5, 0.6) is 0 Å². The summed E-state index contributed by atoms with van der Waals surface area (Å²) in [6, 6.07) is 9.00. The van der Waals surface area contributed by atoms with E-state index in [2.05, 4.69) is 52.0 Å². The number of thioether (sulfide) groups is 1. The van der Waals surface area contributed by atoms with Gasteiger partial charge in [-0.15, -0.1) is 23.4 Å². The van der Waals surface area contributed by atoms with Crippen LogP contribution in [-0.2, 0) is 5.41 Å². The second-order valence-electron chi connectivity index (χ2n) is 5.99. The maximum absolute atomic E-state index is 5.75. The van der Waals surface area contributed by atoms with E-state index in [1.54, 1.807) is 0 Å². The summed E-state index contributed by atoms with van der Waals surface area (Å²) in [5.41, 5.74) is 1.65. The third-order valence-corrected chi connectivity index (χ3v) is 4.47. The Morgan fingerprint density at radius 1 is 1.11 bits per heavy atom. The highest BCUT2D eigenvalue weighted by atomic mass is 35.5. The molecule has 1 aromatic carbocycles. The van der Waals surface area contributed by atoms with Crippen molar-refractivity contribution in [1.29, 1.82) is 0 Å². The molecule has 0 nitrogen and oxygen atoms in total. The van der Waals surface area contributed by atoms with E-state index in [0.29, 0.717) is 0 Å². The monoisotopic (exact) mass is 284 g/mol. The fourth-order valence-corrected chi connectivity index (χ4v) is 3.22. The zero-order chi connectivity index (χ0) is 13.6. The molecule has 1 aromatic rings. The van der Waals surface area contributed by atoms with Crippen molar-refractivity contribution in [2.24, 2.45) is 5.92 Å². The van der Waals surface area contributed by atoms with E-state index in [9.17, 15) is 0 Å². The molecule has 1 rings (SSSR count). The number of benzene rings is 1. The van der Waals surface area contributed by atoms with Crippen molar-refractivity contribution in [1.82, 2.24) is 0 Å². The van der Waals surface area contributed by atoms with Crippen molar-refractivity contribution >= 4 is 23.4 Å². The van der Waals surface area contributed by atoms with Crippen LogP contribution in [0.15, 0.2) is 29.2 Å². The Balaban J connectivity index is 2.40. The van der Waals surface area contributed by atoms with E-state index in [-0.39, 0.29) is 5.41 Å². The van der Waals surface area contributed by atoms with Crippen molar-refractivity contribution in [3.63, 3.8) is 0 Å². The van der Waals surface area contributed by atoms with Gasteiger partial charge in [-0.05, 0) is 47.6 Å². The van der Waals surface area contributed by atoms with E-state index < -0.39 is 0 Å². The summed E-state index contributed by atoms with van der Waals surface area (Å²) < 4.78 is 0. The fourth-order valence-electron chi connectivity index (χ4n) is 1.76. The van der Waals surface area contributed by atoms with Crippen LogP contribution in [-0.4, -0.2) is 11.6 Å². The lowest BCUT2D eigenvalue weighted by molar-refractivity contribution is 0.552. The minimum Gasteiger partial charge on any atom is -0.127 e. The van der Waals surface area contributed by atoms with Crippen molar-refractivity contribution in [3.05, 3.63) is 29.8 Å². The average molecular weight is 285 g/mol. The summed E-state index contributed by atoms with van der Waals surface area (Å²) in [6.07, 6.45) is 2.38. The molecule has 0 aliphatic heterocycles. The molecule has 0 aromatic heterocycles. The van der Waals surface area contributed by atoms with E-state index in [1.165, 1.54) is 22.6 Å². The number of hydrogen-bond acceptors (Lipinski definition) is 1. The lowest BCUT2D eigenvalue weighted by Gasteiger charge is -2.19. The van der Waals surface area contributed by atoms with Crippen LogP contribution in [0.25, 0.3) is 0 Å². The Hall–Kier alpha value is -0.140. The largest absolute Gasteiger partial charge is 0.127 e. The summed E-state index contributed by atoms with van der Waals surface area (Å²) in [7, 11) is 0. The molecule has 0 saturated carbocycles. The van der Waals surface area contributed by atoms with Crippen LogP contribution >= 0.6 is 23.4 Å². The first-order chi connectivity index (χ1) is 8.43. The highest BCUT2D eigenvalue weighted by Gasteiger charge is 2.12. The number of alkyl halides is 1. The molecule has 0 aliphatic carbocycles. The zero-order valence-corrected chi connectivity index (χ0v) is 13.6. The van der Waals surface area contributed by atoms with E-state index in [1.807, 2.05) is 11.8 Å². The van der Waals surface area contributed by atoms with Crippen LogP contribution in [0, 0.1) is 5.92 Å². The molecular weight excluding hydrogens is 260 g/mol. The van der Waals surface area contributed by atoms with Gasteiger partial charge >= 0.3 is 0 Å². The minimum absolute atomic E-state index is 0.248. The SMILES string of the molecule is CC(CCCl)CCSc1ccc(C(C)(C)C)cc1. The molecule has 1 atom stereocenters. The summed E-state index contributed by atoms with van der Waals surface area (Å²) in [5.74, 6) is 2.71. The van der Waals surface area contributed by atoms with Gasteiger partial charge in [0.15, 0.2) is 0 Å². The third-order valence-electron chi connectivity index (χ3n) is 3.20. The van der Waals surface area contributed by atoms with Gasteiger partial charge in [0.1, 0.15) is 0 Å². The molecule has 1 unspecified atom stereocenters. The second-order valence-corrected chi connectivity index (χ2v) is 7.54. The third kappa shape index (κ3) is 5.67. The summed E-state index contributed by atoms with van der Waals surface area (Å²) in [4.78, 5) is 1.38. The molecule has 0 fully saturated rings. The molecule has 0 amide bonds. The average Bonchev–Trinajstić information content (AvgIpc) is 2.29. The minimum atomic E-state index is 0.248. The molecule has 0 N–H and O–H groups in total.